The fourth-order valence-electron chi connectivity index (χ4n) is 3.12. The Balaban J connectivity index is 1.43. The van der Waals surface area contributed by atoms with Crippen LogP contribution in [0.1, 0.15) is 18.4 Å². The maximum absolute atomic E-state index is 12.7. The van der Waals surface area contributed by atoms with Crippen molar-refractivity contribution >= 4 is 50.6 Å². The molecule has 2 heterocycles. The smallest absolute Gasteiger partial charge is 0.252 e. The Morgan fingerprint density at radius 1 is 1.32 bits per heavy atom. The minimum Gasteiger partial charge on any atom is -0.355 e. The number of thioether (sulfide) groups is 1. The molecule has 9 heteroatoms. The second-order valence-corrected chi connectivity index (χ2v) is 11.3. The van der Waals surface area contributed by atoms with Gasteiger partial charge in [0.2, 0.25) is 5.91 Å². The van der Waals surface area contributed by atoms with Crippen LogP contribution in [0.15, 0.2) is 46.0 Å². The van der Waals surface area contributed by atoms with Gasteiger partial charge in [-0.1, -0.05) is 29.8 Å². The number of rotatable bonds is 8. The Hall–Kier alpha value is -1.06. The predicted octanol–water partition coefficient (Wildman–Crippen LogP) is 3.85. The Morgan fingerprint density at radius 3 is 2.93 bits per heavy atom. The van der Waals surface area contributed by atoms with E-state index in [1.54, 1.807) is 29.3 Å². The van der Waals surface area contributed by atoms with Crippen LogP contribution in [-0.2, 0) is 20.6 Å². The van der Waals surface area contributed by atoms with Gasteiger partial charge >= 0.3 is 0 Å². The average molecular weight is 459 g/mol. The van der Waals surface area contributed by atoms with Crippen LogP contribution < -0.4 is 5.32 Å². The molecule has 1 aromatic heterocycles. The number of sulfonamides is 1. The summed E-state index contributed by atoms with van der Waals surface area (Å²) in [7, 11) is -3.49. The number of thiophene rings is 1. The summed E-state index contributed by atoms with van der Waals surface area (Å²) in [5, 5.41) is 5.43. The number of hydrogen-bond acceptors (Lipinski definition) is 5. The molecular weight excluding hydrogens is 436 g/mol. The van der Waals surface area contributed by atoms with Crippen molar-refractivity contribution in [2.45, 2.75) is 22.8 Å². The van der Waals surface area contributed by atoms with Gasteiger partial charge in [0.05, 0.1) is 5.92 Å². The van der Waals surface area contributed by atoms with Gasteiger partial charge in [0.25, 0.3) is 10.0 Å². The maximum Gasteiger partial charge on any atom is 0.252 e. The lowest BCUT2D eigenvalue weighted by atomic mass is 9.99. The molecule has 0 spiro atoms. The zero-order valence-corrected chi connectivity index (χ0v) is 18.5. The standard InChI is InChI=1S/C19H23ClN2O3S3/c20-17-6-1-4-15(12-17)14-26-11-8-21-19(23)16-5-2-9-22(13-16)28(24,25)18-7-3-10-27-18/h1,3-4,6-7,10,12,16H,2,5,8-9,11,13-14H2,(H,21,23). The fourth-order valence-corrected chi connectivity index (χ4v) is 6.81. The predicted molar refractivity (Wildman–Crippen MR) is 116 cm³/mol. The number of hydrogen-bond donors (Lipinski definition) is 1. The van der Waals surface area contributed by atoms with Crippen molar-refractivity contribution in [1.29, 1.82) is 0 Å². The maximum atomic E-state index is 12.7. The van der Waals surface area contributed by atoms with Crippen molar-refractivity contribution in [3.8, 4) is 0 Å². The molecule has 1 aliphatic heterocycles. The van der Waals surface area contributed by atoms with Crippen LogP contribution in [0.5, 0.6) is 0 Å². The number of amides is 1. The second kappa shape index (κ2) is 10.1. The lowest BCUT2D eigenvalue weighted by Gasteiger charge is -2.30. The highest BCUT2D eigenvalue weighted by molar-refractivity contribution is 7.98. The molecule has 1 unspecified atom stereocenters. The van der Waals surface area contributed by atoms with Gasteiger partial charge in [-0.05, 0) is 42.0 Å². The molecule has 1 fully saturated rings. The number of benzene rings is 1. The van der Waals surface area contributed by atoms with Crippen molar-refractivity contribution in [3.05, 3.63) is 52.4 Å². The molecule has 2 aromatic rings. The molecule has 1 saturated heterocycles. The fraction of sp³-hybridized carbons (Fsp3) is 0.421. The van der Waals surface area contributed by atoms with E-state index in [9.17, 15) is 13.2 Å². The van der Waals surface area contributed by atoms with E-state index in [4.69, 9.17) is 11.6 Å². The van der Waals surface area contributed by atoms with Crippen LogP contribution >= 0.6 is 34.7 Å². The van der Waals surface area contributed by atoms with Crippen molar-refractivity contribution in [2.24, 2.45) is 5.92 Å². The molecular formula is C19H23ClN2O3S3. The summed E-state index contributed by atoms with van der Waals surface area (Å²) in [6.45, 7) is 1.29. The van der Waals surface area contributed by atoms with E-state index in [-0.39, 0.29) is 18.4 Å². The summed E-state index contributed by atoms with van der Waals surface area (Å²) in [6.07, 6.45) is 1.42. The van der Waals surface area contributed by atoms with Crippen LogP contribution in [0.25, 0.3) is 0 Å². The van der Waals surface area contributed by atoms with E-state index in [0.717, 1.165) is 28.5 Å². The Kier molecular flexibility index (Phi) is 7.82. The first-order chi connectivity index (χ1) is 13.5. The van der Waals surface area contributed by atoms with Gasteiger partial charge in [-0.3, -0.25) is 4.79 Å². The van der Waals surface area contributed by atoms with E-state index < -0.39 is 10.0 Å². The van der Waals surface area contributed by atoms with Crippen molar-refractivity contribution in [3.63, 3.8) is 0 Å². The van der Waals surface area contributed by atoms with Crippen molar-refractivity contribution in [2.75, 3.05) is 25.4 Å². The van der Waals surface area contributed by atoms with Gasteiger partial charge in [-0.25, -0.2) is 8.42 Å². The largest absolute Gasteiger partial charge is 0.355 e. The quantitative estimate of drug-likeness (QED) is 0.610. The third kappa shape index (κ3) is 5.73. The molecule has 28 heavy (non-hydrogen) atoms. The Labute approximate surface area is 179 Å². The SMILES string of the molecule is O=C(NCCSCc1cccc(Cl)c1)C1CCCN(S(=O)(=O)c2cccs2)C1. The first kappa shape index (κ1) is 21.6. The summed E-state index contributed by atoms with van der Waals surface area (Å²) in [6, 6.07) is 11.1. The van der Waals surface area contributed by atoms with Gasteiger partial charge in [0.1, 0.15) is 4.21 Å². The third-order valence-electron chi connectivity index (χ3n) is 4.55. The number of carbonyl (C=O) groups is 1. The van der Waals surface area contributed by atoms with Gasteiger partial charge in [-0.15, -0.1) is 11.3 Å². The zero-order chi connectivity index (χ0) is 20.0. The molecule has 1 N–H and O–H groups in total. The number of halogens is 1. The summed E-state index contributed by atoms with van der Waals surface area (Å²) < 4.78 is 27.1. The monoisotopic (exact) mass is 458 g/mol. The van der Waals surface area contributed by atoms with Gasteiger partial charge in [-0.2, -0.15) is 16.1 Å². The van der Waals surface area contributed by atoms with Crippen molar-refractivity contribution in [1.82, 2.24) is 9.62 Å². The lowest BCUT2D eigenvalue weighted by Crippen LogP contribution is -2.45. The van der Waals surface area contributed by atoms with Gasteiger partial charge in [0, 0.05) is 36.2 Å². The first-order valence-corrected chi connectivity index (χ1v) is 13.0. The van der Waals surface area contributed by atoms with Gasteiger partial charge < -0.3 is 5.32 Å². The van der Waals surface area contributed by atoms with E-state index >= 15 is 0 Å². The summed E-state index contributed by atoms with van der Waals surface area (Å²) in [5.74, 6) is 1.28. The molecule has 0 aliphatic carbocycles. The molecule has 1 aliphatic rings. The topological polar surface area (TPSA) is 66.5 Å². The molecule has 1 atom stereocenters. The van der Waals surface area contributed by atoms with Crippen LogP contribution in [-0.4, -0.2) is 44.0 Å². The zero-order valence-electron chi connectivity index (χ0n) is 15.3. The second-order valence-electron chi connectivity index (χ2n) is 6.61. The highest BCUT2D eigenvalue weighted by Gasteiger charge is 2.33. The number of nitrogens with zero attached hydrogens (tertiary/aromatic N) is 1. The Bertz CT molecular complexity index is 888. The van der Waals surface area contributed by atoms with E-state index in [2.05, 4.69) is 5.32 Å². The number of piperidine rings is 1. The molecule has 1 aromatic carbocycles. The molecule has 152 valence electrons. The molecule has 0 radical (unpaired) electrons. The Morgan fingerprint density at radius 2 is 2.18 bits per heavy atom. The summed E-state index contributed by atoms with van der Waals surface area (Å²) in [4.78, 5) is 12.5. The highest BCUT2D eigenvalue weighted by Crippen LogP contribution is 2.26. The summed E-state index contributed by atoms with van der Waals surface area (Å²) >= 11 is 8.92. The van der Waals surface area contributed by atoms with Crippen LogP contribution in [0, 0.1) is 5.92 Å². The summed E-state index contributed by atoms with van der Waals surface area (Å²) in [5.41, 5.74) is 1.16. The minimum absolute atomic E-state index is 0.0607. The van der Waals surface area contributed by atoms with Crippen LogP contribution in [0.2, 0.25) is 5.02 Å². The van der Waals surface area contributed by atoms with Gasteiger partial charge in [0.15, 0.2) is 0 Å². The number of nitrogens with one attached hydrogen (secondary N) is 1. The third-order valence-corrected chi connectivity index (χ3v) is 9.05. The van der Waals surface area contributed by atoms with E-state index in [1.807, 2.05) is 24.3 Å². The van der Waals surface area contributed by atoms with E-state index in [0.29, 0.717) is 23.7 Å². The average Bonchev–Trinajstić information content (AvgIpc) is 3.23. The highest BCUT2D eigenvalue weighted by atomic mass is 35.5. The number of carbonyl (C=O) groups excluding carboxylic acids is 1. The molecule has 5 nitrogen and oxygen atoms in total. The minimum atomic E-state index is -3.49. The van der Waals surface area contributed by atoms with Crippen LogP contribution in [0.3, 0.4) is 0 Å². The molecule has 1 amide bonds. The first-order valence-electron chi connectivity index (χ1n) is 9.10. The normalized spacial score (nSPS) is 18.1. The van der Waals surface area contributed by atoms with Crippen LogP contribution in [0.4, 0.5) is 0 Å². The molecule has 0 bridgehead atoms. The van der Waals surface area contributed by atoms with Crippen molar-refractivity contribution < 1.29 is 13.2 Å². The molecule has 3 rings (SSSR count). The lowest BCUT2D eigenvalue weighted by molar-refractivity contribution is -0.125. The van der Waals surface area contributed by atoms with E-state index in [1.165, 1.54) is 15.6 Å². The molecule has 0 saturated carbocycles.